The van der Waals surface area contributed by atoms with Gasteiger partial charge >= 0.3 is 6.18 Å². The Labute approximate surface area is 154 Å². The van der Waals surface area contributed by atoms with Crippen LogP contribution in [0.3, 0.4) is 0 Å². The summed E-state index contributed by atoms with van der Waals surface area (Å²) in [6.45, 7) is 1.87. The van der Waals surface area contributed by atoms with Crippen molar-refractivity contribution in [1.29, 1.82) is 0 Å². The van der Waals surface area contributed by atoms with Gasteiger partial charge in [0.1, 0.15) is 18.9 Å². The summed E-state index contributed by atoms with van der Waals surface area (Å²) in [4.78, 5) is 27.9. The van der Waals surface area contributed by atoms with Crippen LogP contribution in [0.25, 0.3) is 0 Å². The molecule has 146 valence electrons. The predicted octanol–water partition coefficient (Wildman–Crippen LogP) is 2.41. The molecule has 2 rings (SSSR count). The highest BCUT2D eigenvalue weighted by Crippen LogP contribution is 2.31. The lowest BCUT2D eigenvalue weighted by Gasteiger charge is -2.11. The summed E-state index contributed by atoms with van der Waals surface area (Å²) in [5.74, 6) is -0.360. The summed E-state index contributed by atoms with van der Waals surface area (Å²) in [5.41, 5.74) is -0.445. The van der Waals surface area contributed by atoms with Crippen LogP contribution in [-0.2, 0) is 23.9 Å². The largest absolute Gasteiger partial charge is 0.492 e. The average Bonchev–Trinajstić information content (AvgIpc) is 2.61. The lowest BCUT2D eigenvalue weighted by Crippen LogP contribution is -2.34. The van der Waals surface area contributed by atoms with Crippen LogP contribution in [0, 0.1) is 0 Å². The first-order chi connectivity index (χ1) is 12.8. The molecule has 9 heteroatoms. The highest BCUT2D eigenvalue weighted by Gasteiger charge is 2.30. The summed E-state index contributed by atoms with van der Waals surface area (Å²) >= 11 is 0. The van der Waals surface area contributed by atoms with E-state index in [9.17, 15) is 22.8 Å². The van der Waals surface area contributed by atoms with Gasteiger partial charge < -0.3 is 10.1 Å². The van der Waals surface area contributed by atoms with Gasteiger partial charge in [-0.3, -0.25) is 14.2 Å². The van der Waals surface area contributed by atoms with E-state index in [2.05, 4.69) is 10.3 Å². The van der Waals surface area contributed by atoms with Crippen LogP contribution in [0.15, 0.2) is 41.5 Å². The van der Waals surface area contributed by atoms with E-state index in [-0.39, 0.29) is 31.0 Å². The Morgan fingerprint density at radius 3 is 2.74 bits per heavy atom. The van der Waals surface area contributed by atoms with Crippen molar-refractivity contribution in [2.75, 3.05) is 13.2 Å². The van der Waals surface area contributed by atoms with E-state index in [1.807, 2.05) is 6.92 Å². The Hall–Kier alpha value is -2.84. The van der Waals surface area contributed by atoms with Gasteiger partial charge in [-0.05, 0) is 24.6 Å². The molecule has 0 aliphatic rings. The number of carbonyl (C=O) groups excluding carboxylic acids is 1. The van der Waals surface area contributed by atoms with Crippen molar-refractivity contribution in [2.24, 2.45) is 0 Å². The van der Waals surface area contributed by atoms with Crippen LogP contribution >= 0.6 is 0 Å². The van der Waals surface area contributed by atoms with Gasteiger partial charge in [0.05, 0.1) is 18.4 Å². The molecule has 1 amide bonds. The van der Waals surface area contributed by atoms with Crippen LogP contribution in [0.4, 0.5) is 13.2 Å². The molecular weight excluding hydrogens is 363 g/mol. The number of benzene rings is 1. The van der Waals surface area contributed by atoms with Crippen molar-refractivity contribution in [3.63, 3.8) is 0 Å². The first-order valence-corrected chi connectivity index (χ1v) is 8.41. The Bertz CT molecular complexity index is 834. The van der Waals surface area contributed by atoms with E-state index in [0.717, 1.165) is 18.6 Å². The molecule has 0 atom stereocenters. The van der Waals surface area contributed by atoms with Gasteiger partial charge in [-0.2, -0.15) is 13.2 Å². The molecular formula is C18H20F3N3O3. The molecule has 0 spiro atoms. The molecule has 1 N–H and O–H groups in total. The van der Waals surface area contributed by atoms with Crippen LogP contribution < -0.4 is 15.6 Å². The van der Waals surface area contributed by atoms with E-state index in [0.29, 0.717) is 12.1 Å². The zero-order valence-corrected chi connectivity index (χ0v) is 14.8. The summed E-state index contributed by atoms with van der Waals surface area (Å²) < 4.78 is 44.3. The number of amides is 1. The van der Waals surface area contributed by atoms with Gasteiger partial charge in [0, 0.05) is 11.8 Å². The molecule has 0 radical (unpaired) electrons. The second-order valence-corrected chi connectivity index (χ2v) is 5.82. The van der Waals surface area contributed by atoms with Gasteiger partial charge in [-0.25, -0.2) is 4.98 Å². The molecule has 6 nitrogen and oxygen atoms in total. The molecule has 0 saturated heterocycles. The predicted molar refractivity (Wildman–Crippen MR) is 92.4 cm³/mol. The minimum absolute atomic E-state index is 0.00433. The second-order valence-electron chi connectivity index (χ2n) is 5.82. The van der Waals surface area contributed by atoms with E-state index in [1.54, 1.807) is 0 Å². The Balaban J connectivity index is 1.79. The van der Waals surface area contributed by atoms with E-state index >= 15 is 0 Å². The number of alkyl halides is 3. The fraction of sp³-hybridized carbons (Fsp3) is 0.389. The van der Waals surface area contributed by atoms with Crippen molar-refractivity contribution >= 4 is 5.91 Å². The Kier molecular flexibility index (Phi) is 6.98. The first-order valence-electron chi connectivity index (χ1n) is 8.41. The van der Waals surface area contributed by atoms with Crippen LogP contribution in [-0.4, -0.2) is 28.6 Å². The standard InChI is InChI=1S/C18H20F3N3O3/c1-2-4-14-10-17(26)24(12-23-14)11-16(25)22-7-8-27-15-6-3-5-13(9-15)18(19,20)21/h3,5-6,9-10,12H,2,4,7-8,11H2,1H3,(H,22,25). The number of hydrogen-bond acceptors (Lipinski definition) is 4. The van der Waals surface area contributed by atoms with Gasteiger partial charge in [0.2, 0.25) is 5.91 Å². The molecule has 2 aromatic rings. The van der Waals surface area contributed by atoms with Gasteiger partial charge in [-0.15, -0.1) is 0 Å². The average molecular weight is 383 g/mol. The molecule has 0 unspecified atom stereocenters. The molecule has 0 aliphatic heterocycles. The minimum Gasteiger partial charge on any atom is -0.492 e. The van der Waals surface area contributed by atoms with E-state index < -0.39 is 17.6 Å². The van der Waals surface area contributed by atoms with Gasteiger partial charge in [0.25, 0.3) is 5.56 Å². The maximum absolute atomic E-state index is 12.6. The van der Waals surface area contributed by atoms with Crippen molar-refractivity contribution in [2.45, 2.75) is 32.5 Å². The van der Waals surface area contributed by atoms with Crippen molar-refractivity contribution in [1.82, 2.24) is 14.9 Å². The number of ether oxygens (including phenoxy) is 1. The molecule has 1 heterocycles. The number of nitrogens with zero attached hydrogens (tertiary/aromatic N) is 2. The molecule has 0 fully saturated rings. The molecule has 27 heavy (non-hydrogen) atoms. The van der Waals surface area contributed by atoms with Crippen LogP contribution in [0.5, 0.6) is 5.75 Å². The Morgan fingerprint density at radius 1 is 1.30 bits per heavy atom. The highest BCUT2D eigenvalue weighted by atomic mass is 19.4. The minimum atomic E-state index is -4.44. The lowest BCUT2D eigenvalue weighted by molar-refractivity contribution is -0.137. The van der Waals surface area contributed by atoms with Crippen molar-refractivity contribution < 1.29 is 22.7 Å². The normalized spacial score (nSPS) is 11.3. The smallest absolute Gasteiger partial charge is 0.416 e. The van der Waals surface area contributed by atoms with Crippen LogP contribution in [0.1, 0.15) is 24.6 Å². The second kappa shape index (κ2) is 9.20. The van der Waals surface area contributed by atoms with Crippen molar-refractivity contribution in [3.8, 4) is 5.75 Å². The third-order valence-electron chi connectivity index (χ3n) is 3.61. The third kappa shape index (κ3) is 6.43. The summed E-state index contributed by atoms with van der Waals surface area (Å²) in [6, 6.07) is 5.89. The van der Waals surface area contributed by atoms with Gasteiger partial charge in [-0.1, -0.05) is 19.4 Å². The summed E-state index contributed by atoms with van der Waals surface area (Å²) in [7, 11) is 0. The number of halogens is 3. The number of aromatic nitrogens is 2. The number of aryl methyl sites for hydroxylation is 1. The topological polar surface area (TPSA) is 73.2 Å². The Morgan fingerprint density at radius 2 is 2.07 bits per heavy atom. The monoisotopic (exact) mass is 383 g/mol. The fourth-order valence-electron chi connectivity index (χ4n) is 2.31. The SMILES string of the molecule is CCCc1cc(=O)n(CC(=O)NCCOc2cccc(C(F)(F)F)c2)cn1. The zero-order chi connectivity index (χ0) is 19.9. The van der Waals surface area contributed by atoms with Gasteiger partial charge in [0.15, 0.2) is 0 Å². The molecule has 1 aromatic heterocycles. The summed E-state index contributed by atoms with van der Waals surface area (Å²) in [6.07, 6.45) is -1.56. The molecule has 0 aliphatic carbocycles. The maximum Gasteiger partial charge on any atom is 0.416 e. The lowest BCUT2D eigenvalue weighted by atomic mass is 10.2. The number of hydrogen-bond donors (Lipinski definition) is 1. The number of rotatable bonds is 8. The highest BCUT2D eigenvalue weighted by molar-refractivity contribution is 5.75. The maximum atomic E-state index is 12.6. The van der Waals surface area contributed by atoms with Crippen LogP contribution in [0.2, 0.25) is 0 Å². The summed E-state index contributed by atoms with van der Waals surface area (Å²) in [5, 5.41) is 2.54. The zero-order valence-electron chi connectivity index (χ0n) is 14.8. The fourth-order valence-corrected chi connectivity index (χ4v) is 2.31. The number of carbonyl (C=O) groups is 1. The molecule has 1 aromatic carbocycles. The number of nitrogens with one attached hydrogen (secondary N) is 1. The molecule has 0 saturated carbocycles. The van der Waals surface area contributed by atoms with Crippen molar-refractivity contribution in [3.05, 3.63) is 58.3 Å². The molecule has 0 bridgehead atoms. The van der Waals surface area contributed by atoms with E-state index in [4.69, 9.17) is 4.74 Å². The first kappa shape index (κ1) is 20.5. The van der Waals surface area contributed by atoms with E-state index in [1.165, 1.54) is 29.1 Å². The quantitative estimate of drug-likeness (QED) is 0.711. The third-order valence-corrected chi connectivity index (χ3v) is 3.61.